The Hall–Kier alpha value is -4.17. The molecule has 2 N–H and O–H groups in total. The Morgan fingerprint density at radius 3 is 2.60 bits per heavy atom. The Balaban J connectivity index is 1.57. The number of hydrogen-bond donors (Lipinski definition) is 2. The van der Waals surface area contributed by atoms with Gasteiger partial charge < -0.3 is 10.6 Å². The van der Waals surface area contributed by atoms with Gasteiger partial charge in [0.1, 0.15) is 11.6 Å². The SMILES string of the molecule is CCNC(=O)c1ccc(Nc2cc3c(cn2)cc(-c2cnn(C)c2)n3-c2ccc(C)cn2)c(Cl)c1. The van der Waals surface area contributed by atoms with Crippen LogP contribution in [-0.2, 0) is 7.05 Å². The van der Waals surface area contributed by atoms with Crippen LogP contribution in [0.3, 0.4) is 0 Å². The summed E-state index contributed by atoms with van der Waals surface area (Å²) in [6.07, 6.45) is 7.48. The number of pyridine rings is 2. The highest BCUT2D eigenvalue weighted by molar-refractivity contribution is 6.33. The summed E-state index contributed by atoms with van der Waals surface area (Å²) in [5.41, 5.74) is 5.13. The molecule has 176 valence electrons. The third kappa shape index (κ3) is 4.48. The van der Waals surface area contributed by atoms with Gasteiger partial charge in [-0.15, -0.1) is 0 Å². The molecule has 5 aromatic rings. The summed E-state index contributed by atoms with van der Waals surface area (Å²) in [6.45, 7) is 4.44. The first-order valence-corrected chi connectivity index (χ1v) is 11.6. The van der Waals surface area contributed by atoms with Crippen LogP contribution in [0.4, 0.5) is 11.5 Å². The molecule has 0 radical (unpaired) electrons. The minimum absolute atomic E-state index is 0.160. The number of fused-ring (bicyclic) bond motifs is 1. The monoisotopic (exact) mass is 485 g/mol. The highest BCUT2D eigenvalue weighted by Crippen LogP contribution is 2.33. The van der Waals surface area contributed by atoms with E-state index >= 15 is 0 Å². The molecule has 0 bridgehead atoms. The molecule has 0 aliphatic rings. The van der Waals surface area contributed by atoms with Gasteiger partial charge in [0.25, 0.3) is 5.91 Å². The maximum atomic E-state index is 12.1. The molecule has 9 heteroatoms. The van der Waals surface area contributed by atoms with E-state index in [9.17, 15) is 4.79 Å². The van der Waals surface area contributed by atoms with Gasteiger partial charge in [-0.25, -0.2) is 9.97 Å². The molecular weight excluding hydrogens is 462 g/mol. The molecule has 4 heterocycles. The number of anilines is 2. The average Bonchev–Trinajstić information content (AvgIpc) is 3.44. The first-order valence-electron chi connectivity index (χ1n) is 11.2. The summed E-state index contributed by atoms with van der Waals surface area (Å²) in [6, 6.07) is 13.2. The Labute approximate surface area is 207 Å². The Morgan fingerprint density at radius 1 is 1.06 bits per heavy atom. The summed E-state index contributed by atoms with van der Waals surface area (Å²) in [4.78, 5) is 21.4. The number of rotatable bonds is 6. The van der Waals surface area contributed by atoms with Gasteiger partial charge in [0.2, 0.25) is 0 Å². The number of benzene rings is 1. The highest BCUT2D eigenvalue weighted by atomic mass is 35.5. The molecular formula is C26H24ClN7O. The van der Waals surface area contributed by atoms with Gasteiger partial charge in [-0.2, -0.15) is 5.10 Å². The van der Waals surface area contributed by atoms with Gasteiger partial charge in [0, 0.05) is 54.8 Å². The van der Waals surface area contributed by atoms with Crippen molar-refractivity contribution < 1.29 is 4.79 Å². The van der Waals surface area contributed by atoms with Crippen molar-refractivity contribution in [2.75, 3.05) is 11.9 Å². The molecule has 0 saturated heterocycles. The molecule has 5 rings (SSSR count). The van der Waals surface area contributed by atoms with Crippen molar-refractivity contribution in [2.24, 2.45) is 7.05 Å². The smallest absolute Gasteiger partial charge is 0.251 e. The maximum absolute atomic E-state index is 12.1. The Bertz CT molecular complexity index is 1540. The Kier molecular flexibility index (Phi) is 5.96. The molecule has 0 saturated carbocycles. The van der Waals surface area contributed by atoms with Gasteiger partial charge in [0.05, 0.1) is 28.1 Å². The van der Waals surface area contributed by atoms with E-state index in [0.29, 0.717) is 28.6 Å². The molecule has 8 nitrogen and oxygen atoms in total. The summed E-state index contributed by atoms with van der Waals surface area (Å²) in [5.74, 6) is 1.26. The van der Waals surface area contributed by atoms with Crippen LogP contribution in [-0.4, -0.2) is 36.8 Å². The highest BCUT2D eigenvalue weighted by Gasteiger charge is 2.16. The molecule has 0 spiro atoms. The summed E-state index contributed by atoms with van der Waals surface area (Å²) < 4.78 is 3.87. The summed E-state index contributed by atoms with van der Waals surface area (Å²) in [7, 11) is 1.89. The largest absolute Gasteiger partial charge is 0.352 e. The van der Waals surface area contributed by atoms with Gasteiger partial charge >= 0.3 is 0 Å². The van der Waals surface area contributed by atoms with E-state index in [4.69, 9.17) is 11.6 Å². The third-order valence-corrected chi connectivity index (χ3v) is 5.96. The lowest BCUT2D eigenvalue weighted by molar-refractivity contribution is 0.0956. The quantitative estimate of drug-likeness (QED) is 0.341. The number of amides is 1. The Morgan fingerprint density at radius 2 is 1.91 bits per heavy atom. The van der Waals surface area contributed by atoms with Crippen LogP contribution in [0, 0.1) is 6.92 Å². The van der Waals surface area contributed by atoms with Crippen molar-refractivity contribution in [2.45, 2.75) is 13.8 Å². The van der Waals surface area contributed by atoms with Gasteiger partial charge in [-0.05, 0) is 49.7 Å². The van der Waals surface area contributed by atoms with Crippen molar-refractivity contribution in [1.29, 1.82) is 0 Å². The third-order valence-electron chi connectivity index (χ3n) is 5.64. The number of hydrogen-bond acceptors (Lipinski definition) is 5. The zero-order chi connectivity index (χ0) is 24.5. The van der Waals surface area contributed by atoms with Crippen LogP contribution in [0.1, 0.15) is 22.8 Å². The van der Waals surface area contributed by atoms with Crippen molar-refractivity contribution in [3.05, 3.63) is 83.4 Å². The number of carbonyl (C=O) groups excluding carboxylic acids is 1. The fraction of sp³-hybridized carbons (Fsp3) is 0.154. The number of halogens is 1. The van der Waals surface area contributed by atoms with Gasteiger partial charge in [-0.1, -0.05) is 17.7 Å². The van der Waals surface area contributed by atoms with E-state index in [1.807, 2.05) is 63.9 Å². The fourth-order valence-electron chi connectivity index (χ4n) is 3.93. The van der Waals surface area contributed by atoms with Crippen molar-refractivity contribution in [3.63, 3.8) is 0 Å². The zero-order valence-corrected chi connectivity index (χ0v) is 20.3. The molecule has 0 atom stereocenters. The lowest BCUT2D eigenvalue weighted by Gasteiger charge is -2.12. The fourth-order valence-corrected chi connectivity index (χ4v) is 4.16. The number of carbonyl (C=O) groups is 1. The van der Waals surface area contributed by atoms with Crippen molar-refractivity contribution in [3.8, 4) is 17.1 Å². The first-order chi connectivity index (χ1) is 16.9. The predicted molar refractivity (Wildman–Crippen MR) is 139 cm³/mol. The van der Waals surface area contributed by atoms with Crippen LogP contribution in [0.25, 0.3) is 28.0 Å². The molecule has 1 aromatic carbocycles. The van der Waals surface area contributed by atoms with Crippen LogP contribution in [0.5, 0.6) is 0 Å². The van der Waals surface area contributed by atoms with E-state index in [0.717, 1.165) is 33.5 Å². The normalized spacial score (nSPS) is 11.1. The average molecular weight is 486 g/mol. The molecule has 0 aliphatic heterocycles. The molecule has 0 aliphatic carbocycles. The van der Waals surface area contributed by atoms with Crippen LogP contribution in [0.2, 0.25) is 5.02 Å². The zero-order valence-electron chi connectivity index (χ0n) is 19.6. The van der Waals surface area contributed by atoms with Gasteiger partial charge in [0.15, 0.2) is 0 Å². The molecule has 35 heavy (non-hydrogen) atoms. The van der Waals surface area contributed by atoms with Gasteiger partial charge in [-0.3, -0.25) is 14.0 Å². The number of nitrogens with zero attached hydrogens (tertiary/aromatic N) is 5. The van der Waals surface area contributed by atoms with Crippen LogP contribution < -0.4 is 10.6 Å². The number of aromatic nitrogens is 5. The van der Waals surface area contributed by atoms with E-state index < -0.39 is 0 Å². The second-order valence-electron chi connectivity index (χ2n) is 8.27. The van der Waals surface area contributed by atoms with E-state index in [1.54, 1.807) is 22.9 Å². The molecule has 0 fully saturated rings. The van der Waals surface area contributed by atoms with Crippen molar-refractivity contribution in [1.82, 2.24) is 29.6 Å². The molecule has 0 unspecified atom stereocenters. The minimum Gasteiger partial charge on any atom is -0.352 e. The number of aryl methyl sites for hydroxylation is 2. The topological polar surface area (TPSA) is 89.7 Å². The molecule has 1 amide bonds. The van der Waals surface area contributed by atoms with E-state index in [2.05, 4.69) is 36.3 Å². The summed E-state index contributed by atoms with van der Waals surface area (Å²) >= 11 is 6.48. The summed E-state index contributed by atoms with van der Waals surface area (Å²) in [5, 5.41) is 11.8. The van der Waals surface area contributed by atoms with Crippen LogP contribution >= 0.6 is 11.6 Å². The second-order valence-corrected chi connectivity index (χ2v) is 8.68. The molecule has 4 aromatic heterocycles. The maximum Gasteiger partial charge on any atom is 0.251 e. The first kappa shape index (κ1) is 22.6. The van der Waals surface area contributed by atoms with E-state index in [1.165, 1.54) is 0 Å². The lowest BCUT2D eigenvalue weighted by Crippen LogP contribution is -2.22. The van der Waals surface area contributed by atoms with Crippen LogP contribution in [0.15, 0.2) is 67.3 Å². The number of nitrogens with one attached hydrogen (secondary N) is 2. The standard InChI is InChI=1S/C26H24ClN7O/c1-4-28-26(35)17-6-7-21(20(27)9-17)32-24-11-23-18(13-29-24)10-22(19-14-31-33(3)15-19)34(23)25-8-5-16(2)12-30-25/h5-15H,4H2,1-3H3,(H,28,35)(H,29,32). The minimum atomic E-state index is -0.160. The lowest BCUT2D eigenvalue weighted by atomic mass is 10.2. The van der Waals surface area contributed by atoms with Crippen molar-refractivity contribution >= 4 is 39.9 Å². The van der Waals surface area contributed by atoms with E-state index in [-0.39, 0.29) is 5.91 Å². The predicted octanol–water partition coefficient (Wildman–Crippen LogP) is 5.28. The second kappa shape index (κ2) is 9.23.